The first-order valence-electron chi connectivity index (χ1n) is 2.97. The average molecular weight is 193 g/mol. The van der Waals surface area contributed by atoms with Crippen LogP contribution in [0, 0.1) is 4.91 Å². The number of aromatic carboxylic acids is 1. The molecule has 0 aliphatic carbocycles. The summed E-state index contributed by atoms with van der Waals surface area (Å²) in [5.41, 5.74) is 0.331. The second-order valence-corrected chi connectivity index (χ2v) is 1.75. The van der Waals surface area contributed by atoms with Crippen LogP contribution >= 0.6 is 0 Å². The van der Waals surface area contributed by atoms with Crippen LogP contribution in [0.15, 0.2) is 35.7 Å². The van der Waals surface area contributed by atoms with Gasteiger partial charge in [0.15, 0.2) is 5.34 Å². The molecule has 0 fully saturated rings. The van der Waals surface area contributed by atoms with Gasteiger partial charge in [0.2, 0.25) is 0 Å². The van der Waals surface area contributed by atoms with Crippen molar-refractivity contribution in [3.05, 3.63) is 40.8 Å². The Morgan fingerprint density at radius 3 is 1.85 bits per heavy atom. The predicted molar refractivity (Wildman–Crippen MR) is 48.1 cm³/mol. The van der Waals surface area contributed by atoms with Crippen molar-refractivity contribution >= 4 is 35.5 Å². The molecule has 0 saturated carbocycles. The van der Waals surface area contributed by atoms with E-state index in [1.807, 2.05) is 0 Å². The third kappa shape index (κ3) is 7.45. The molecule has 0 aromatic heterocycles. The summed E-state index contributed by atoms with van der Waals surface area (Å²) in [7, 11) is 0. The fraction of sp³-hybridized carbons (Fsp3) is 0. The molecule has 1 rings (SSSR count). The van der Waals surface area contributed by atoms with Gasteiger partial charge in [-0.2, -0.15) is 0 Å². The van der Waals surface area contributed by atoms with E-state index in [1.54, 1.807) is 30.3 Å². The van der Waals surface area contributed by atoms with Crippen molar-refractivity contribution in [2.45, 2.75) is 0 Å². The van der Waals surface area contributed by atoms with Crippen LogP contribution in [0.25, 0.3) is 0 Å². The Balaban J connectivity index is 0. The molecule has 13 heavy (non-hydrogen) atoms. The standard InChI is InChI=1S/C7H6O2.HNO2.Na.H/c8-7(9)6-4-2-1-3-5-6;2-1-3;;/h1-5H,(H,8,9);(H,2,3);;. The van der Waals surface area contributed by atoms with Gasteiger partial charge in [-0.3, -0.25) is 0 Å². The van der Waals surface area contributed by atoms with E-state index in [4.69, 9.17) is 15.2 Å². The van der Waals surface area contributed by atoms with Crippen LogP contribution in [0.4, 0.5) is 0 Å². The first-order valence-corrected chi connectivity index (χ1v) is 2.97. The molecule has 0 saturated heterocycles. The molecule has 0 spiro atoms. The van der Waals surface area contributed by atoms with Gasteiger partial charge in [0.05, 0.1) is 5.56 Å². The monoisotopic (exact) mass is 193 g/mol. The van der Waals surface area contributed by atoms with E-state index in [0.29, 0.717) is 5.56 Å². The number of carboxylic acid groups (broad SMARTS) is 1. The molecule has 66 valence electrons. The topological polar surface area (TPSA) is 87.0 Å². The second-order valence-electron chi connectivity index (χ2n) is 1.75. The second kappa shape index (κ2) is 9.18. The summed E-state index contributed by atoms with van der Waals surface area (Å²) >= 11 is 0. The third-order valence-electron chi connectivity index (χ3n) is 1.02. The molecular weight excluding hydrogens is 185 g/mol. The Labute approximate surface area is 96.6 Å². The van der Waals surface area contributed by atoms with Gasteiger partial charge in [-0.05, 0) is 12.1 Å². The minimum absolute atomic E-state index is 0. The summed E-state index contributed by atoms with van der Waals surface area (Å²) < 4.78 is 0. The van der Waals surface area contributed by atoms with Crippen molar-refractivity contribution in [3.8, 4) is 0 Å². The molecule has 1 aromatic carbocycles. The van der Waals surface area contributed by atoms with Gasteiger partial charge in [-0.15, -0.1) is 4.91 Å². The van der Waals surface area contributed by atoms with E-state index in [1.165, 1.54) is 5.34 Å². The fourth-order valence-electron chi connectivity index (χ4n) is 0.581. The number of hydrogen-bond acceptors (Lipinski definition) is 3. The third-order valence-corrected chi connectivity index (χ3v) is 1.02. The molecule has 0 amide bonds. The van der Waals surface area contributed by atoms with Crippen LogP contribution < -0.4 is 0 Å². The van der Waals surface area contributed by atoms with E-state index < -0.39 is 5.97 Å². The number of carboxylic acids is 1. The van der Waals surface area contributed by atoms with Crippen molar-refractivity contribution in [1.82, 2.24) is 0 Å². The van der Waals surface area contributed by atoms with Crippen molar-refractivity contribution in [2.75, 3.05) is 0 Å². The summed E-state index contributed by atoms with van der Waals surface area (Å²) in [6, 6.07) is 8.30. The summed E-state index contributed by atoms with van der Waals surface area (Å²) in [5, 5.41) is 16.3. The Bertz CT molecular complexity index is 252. The normalized spacial score (nSPS) is 7.08. The van der Waals surface area contributed by atoms with Crippen molar-refractivity contribution < 1.29 is 15.1 Å². The van der Waals surface area contributed by atoms with Gasteiger partial charge < -0.3 is 10.3 Å². The van der Waals surface area contributed by atoms with Crippen LogP contribution in [0.5, 0.6) is 0 Å². The molecule has 2 N–H and O–H groups in total. The number of rotatable bonds is 1. The molecule has 0 radical (unpaired) electrons. The quantitative estimate of drug-likeness (QED) is 0.393. The molecular formula is C7H8NNaO4. The number of benzene rings is 1. The molecule has 0 bridgehead atoms. The van der Waals surface area contributed by atoms with Gasteiger partial charge in [0.25, 0.3) is 0 Å². The van der Waals surface area contributed by atoms with E-state index in [2.05, 4.69) is 0 Å². The van der Waals surface area contributed by atoms with E-state index in [9.17, 15) is 4.79 Å². The van der Waals surface area contributed by atoms with Gasteiger partial charge in [0, 0.05) is 0 Å². The van der Waals surface area contributed by atoms with E-state index >= 15 is 0 Å². The van der Waals surface area contributed by atoms with Crippen LogP contribution in [0.2, 0.25) is 0 Å². The van der Waals surface area contributed by atoms with Crippen molar-refractivity contribution in [2.24, 2.45) is 5.34 Å². The zero-order valence-electron chi connectivity index (χ0n) is 6.04. The summed E-state index contributed by atoms with van der Waals surface area (Å²) in [5.74, 6) is -0.879. The van der Waals surface area contributed by atoms with Gasteiger partial charge in [-0.1, -0.05) is 18.2 Å². The zero-order chi connectivity index (χ0) is 9.40. The Morgan fingerprint density at radius 1 is 1.23 bits per heavy atom. The molecule has 0 aliphatic rings. The number of carbonyl (C=O) groups is 1. The SMILES string of the molecule is O=C(O)c1ccccc1.O=NO.[NaH]. The first-order chi connectivity index (χ1) is 5.72. The maximum atomic E-state index is 10.2. The molecule has 1 aromatic rings. The molecule has 0 atom stereocenters. The zero-order valence-corrected chi connectivity index (χ0v) is 6.04. The average Bonchev–Trinajstić information content (AvgIpc) is 2.07. The van der Waals surface area contributed by atoms with Crippen molar-refractivity contribution in [3.63, 3.8) is 0 Å². The Morgan fingerprint density at radius 2 is 1.62 bits per heavy atom. The molecule has 5 nitrogen and oxygen atoms in total. The summed E-state index contributed by atoms with van der Waals surface area (Å²) in [6.45, 7) is 0. The van der Waals surface area contributed by atoms with Gasteiger partial charge in [0.1, 0.15) is 0 Å². The van der Waals surface area contributed by atoms with Gasteiger partial charge in [-0.25, -0.2) is 4.79 Å². The van der Waals surface area contributed by atoms with E-state index in [0.717, 1.165) is 0 Å². The Hall–Kier alpha value is -0.910. The van der Waals surface area contributed by atoms with Crippen LogP contribution in [0.1, 0.15) is 10.4 Å². The van der Waals surface area contributed by atoms with E-state index in [-0.39, 0.29) is 29.6 Å². The predicted octanol–water partition coefficient (Wildman–Crippen LogP) is 0.878. The van der Waals surface area contributed by atoms with Crippen LogP contribution in [-0.4, -0.2) is 45.8 Å². The maximum absolute atomic E-state index is 10.2. The number of hydrogen-bond donors (Lipinski definition) is 2. The fourth-order valence-corrected chi connectivity index (χ4v) is 0.581. The Kier molecular flexibility index (Phi) is 10.3. The van der Waals surface area contributed by atoms with Crippen molar-refractivity contribution in [1.29, 1.82) is 0 Å². The molecule has 0 aliphatic heterocycles. The minimum atomic E-state index is -0.879. The summed E-state index contributed by atoms with van der Waals surface area (Å²) in [4.78, 5) is 18.3. The first kappa shape index (κ1) is 14.6. The summed E-state index contributed by atoms with van der Waals surface area (Å²) in [6.07, 6.45) is 0. The van der Waals surface area contributed by atoms with Crippen LogP contribution in [0.3, 0.4) is 0 Å². The van der Waals surface area contributed by atoms with Crippen LogP contribution in [-0.2, 0) is 0 Å². The molecule has 0 heterocycles. The van der Waals surface area contributed by atoms with Gasteiger partial charge >= 0.3 is 35.5 Å². The molecule has 0 unspecified atom stereocenters. The number of nitrogens with zero attached hydrogens (tertiary/aromatic N) is 1. The molecule has 6 heteroatoms.